The molecule has 0 heterocycles. The number of aliphatic hydroxyl groups excluding tert-OH is 1. The molecule has 100 valence electrons. The number of aliphatic hydroxyl groups is 1. The van der Waals surface area contributed by atoms with Crippen LogP contribution in [0.15, 0.2) is 24.3 Å². The van der Waals surface area contributed by atoms with Crippen LogP contribution in [-0.4, -0.2) is 11.5 Å². The largest absolute Gasteiger partial charge is 0.573 e. The predicted molar refractivity (Wildman–Crippen MR) is 60.0 cm³/mol. The fourth-order valence-corrected chi connectivity index (χ4v) is 2.47. The summed E-state index contributed by atoms with van der Waals surface area (Å²) in [6, 6.07) is 5.80. The van der Waals surface area contributed by atoms with E-state index in [0.717, 1.165) is 25.7 Å². The van der Waals surface area contributed by atoms with Gasteiger partial charge in [0.2, 0.25) is 0 Å². The van der Waals surface area contributed by atoms with E-state index in [4.69, 9.17) is 0 Å². The molecule has 18 heavy (non-hydrogen) atoms. The van der Waals surface area contributed by atoms with E-state index in [1.807, 2.05) is 0 Å². The van der Waals surface area contributed by atoms with Crippen LogP contribution in [0.1, 0.15) is 37.4 Å². The second kappa shape index (κ2) is 5.18. The molecule has 1 aliphatic carbocycles. The van der Waals surface area contributed by atoms with Gasteiger partial charge in [0, 0.05) is 5.56 Å². The van der Waals surface area contributed by atoms with Crippen LogP contribution in [0.25, 0.3) is 0 Å². The molecule has 1 saturated carbocycles. The van der Waals surface area contributed by atoms with Gasteiger partial charge in [-0.05, 0) is 24.8 Å². The zero-order valence-corrected chi connectivity index (χ0v) is 9.78. The van der Waals surface area contributed by atoms with Gasteiger partial charge in [-0.3, -0.25) is 0 Å². The Morgan fingerprint density at radius 1 is 1.17 bits per heavy atom. The first-order chi connectivity index (χ1) is 8.47. The maximum atomic E-state index is 12.3. The molecular weight excluding hydrogens is 245 g/mol. The molecule has 1 fully saturated rings. The minimum atomic E-state index is -4.73. The summed E-state index contributed by atoms with van der Waals surface area (Å²) in [7, 11) is 0. The van der Waals surface area contributed by atoms with E-state index < -0.39 is 12.5 Å². The van der Waals surface area contributed by atoms with Gasteiger partial charge in [-0.2, -0.15) is 0 Å². The van der Waals surface area contributed by atoms with E-state index >= 15 is 0 Å². The molecule has 1 aliphatic rings. The average Bonchev–Trinajstić information content (AvgIpc) is 2.80. The average molecular weight is 260 g/mol. The van der Waals surface area contributed by atoms with E-state index in [9.17, 15) is 18.3 Å². The monoisotopic (exact) mass is 260 g/mol. The highest BCUT2D eigenvalue weighted by molar-refractivity contribution is 5.35. The maximum Gasteiger partial charge on any atom is 0.573 e. The van der Waals surface area contributed by atoms with Crippen molar-refractivity contribution in [1.29, 1.82) is 0 Å². The van der Waals surface area contributed by atoms with Crippen LogP contribution in [0.4, 0.5) is 13.2 Å². The van der Waals surface area contributed by atoms with Crippen molar-refractivity contribution in [3.05, 3.63) is 29.8 Å². The minimum Gasteiger partial charge on any atom is -0.405 e. The molecular formula is C13H15F3O2. The van der Waals surface area contributed by atoms with Crippen LogP contribution in [0.2, 0.25) is 0 Å². The molecule has 0 radical (unpaired) electrons. The van der Waals surface area contributed by atoms with Gasteiger partial charge in [0.25, 0.3) is 0 Å². The van der Waals surface area contributed by atoms with Crippen LogP contribution >= 0.6 is 0 Å². The lowest BCUT2D eigenvalue weighted by Gasteiger charge is -2.21. The Bertz CT molecular complexity index is 397. The Kier molecular flexibility index (Phi) is 3.80. The summed E-state index contributed by atoms with van der Waals surface area (Å²) in [5.74, 6) is -0.271. The van der Waals surface area contributed by atoms with Crippen molar-refractivity contribution in [2.24, 2.45) is 5.92 Å². The maximum absolute atomic E-state index is 12.3. The summed E-state index contributed by atoms with van der Waals surface area (Å²) >= 11 is 0. The normalized spacial score (nSPS) is 18.9. The molecule has 2 rings (SSSR count). The Labute approximate surface area is 103 Å². The number of hydrogen-bond donors (Lipinski definition) is 1. The number of ether oxygens (including phenoxy) is 1. The highest BCUT2D eigenvalue weighted by atomic mass is 19.4. The molecule has 2 nitrogen and oxygen atoms in total. The molecule has 1 atom stereocenters. The first kappa shape index (κ1) is 13.2. The summed E-state index contributed by atoms with van der Waals surface area (Å²) in [5.41, 5.74) is 0.224. The quantitative estimate of drug-likeness (QED) is 0.895. The third kappa shape index (κ3) is 3.16. The van der Waals surface area contributed by atoms with Gasteiger partial charge in [0.15, 0.2) is 0 Å². The molecule has 5 heteroatoms. The molecule has 0 aliphatic heterocycles. The first-order valence-electron chi connectivity index (χ1n) is 6.00. The van der Waals surface area contributed by atoms with Crippen molar-refractivity contribution in [3.63, 3.8) is 0 Å². The van der Waals surface area contributed by atoms with Crippen LogP contribution in [-0.2, 0) is 0 Å². The van der Waals surface area contributed by atoms with Gasteiger partial charge < -0.3 is 9.84 Å². The number of alkyl halides is 3. The molecule has 1 aromatic rings. The van der Waals surface area contributed by atoms with Crippen LogP contribution in [0.3, 0.4) is 0 Å². The van der Waals surface area contributed by atoms with E-state index in [1.165, 1.54) is 18.2 Å². The van der Waals surface area contributed by atoms with Crippen molar-refractivity contribution in [2.45, 2.75) is 38.1 Å². The Morgan fingerprint density at radius 3 is 2.39 bits per heavy atom. The number of para-hydroxylation sites is 1. The van der Waals surface area contributed by atoms with Crippen molar-refractivity contribution < 1.29 is 23.0 Å². The molecule has 1 aromatic carbocycles. The number of hydrogen-bond acceptors (Lipinski definition) is 2. The second-order valence-corrected chi connectivity index (χ2v) is 4.58. The van der Waals surface area contributed by atoms with E-state index in [2.05, 4.69) is 4.74 Å². The fourth-order valence-electron chi connectivity index (χ4n) is 2.47. The summed E-state index contributed by atoms with van der Waals surface area (Å²) in [5, 5.41) is 10.2. The molecule has 0 aromatic heterocycles. The summed E-state index contributed by atoms with van der Waals surface area (Å²) < 4.78 is 40.7. The van der Waals surface area contributed by atoms with Crippen molar-refractivity contribution in [2.75, 3.05) is 0 Å². The van der Waals surface area contributed by atoms with Gasteiger partial charge in [-0.15, -0.1) is 13.2 Å². The summed E-state index contributed by atoms with van der Waals surface area (Å²) in [4.78, 5) is 0. The topological polar surface area (TPSA) is 29.5 Å². The van der Waals surface area contributed by atoms with Crippen LogP contribution < -0.4 is 4.74 Å². The van der Waals surface area contributed by atoms with E-state index in [1.54, 1.807) is 6.07 Å². The van der Waals surface area contributed by atoms with Gasteiger partial charge in [-0.25, -0.2) is 0 Å². The smallest absolute Gasteiger partial charge is 0.405 e. The molecule has 0 spiro atoms. The zero-order valence-electron chi connectivity index (χ0n) is 9.78. The molecule has 1 unspecified atom stereocenters. The fraction of sp³-hybridized carbons (Fsp3) is 0.538. The lowest BCUT2D eigenvalue weighted by Crippen LogP contribution is -2.19. The van der Waals surface area contributed by atoms with Gasteiger partial charge >= 0.3 is 6.36 Å². The number of halogens is 3. The Morgan fingerprint density at radius 2 is 1.78 bits per heavy atom. The summed E-state index contributed by atoms with van der Waals surface area (Å²) in [6.45, 7) is 0. The highest BCUT2D eigenvalue weighted by Gasteiger charge is 2.34. The predicted octanol–water partition coefficient (Wildman–Crippen LogP) is 3.81. The number of rotatable bonds is 3. The first-order valence-corrected chi connectivity index (χ1v) is 6.00. The minimum absolute atomic E-state index is 0.0305. The van der Waals surface area contributed by atoms with Gasteiger partial charge in [0.05, 0.1) is 6.10 Å². The molecule has 1 N–H and O–H groups in total. The van der Waals surface area contributed by atoms with Gasteiger partial charge in [0.1, 0.15) is 5.75 Å². The van der Waals surface area contributed by atoms with Gasteiger partial charge in [-0.1, -0.05) is 31.0 Å². The van der Waals surface area contributed by atoms with Crippen LogP contribution in [0, 0.1) is 5.92 Å². The third-order valence-corrected chi connectivity index (χ3v) is 3.31. The van der Waals surface area contributed by atoms with Crippen molar-refractivity contribution >= 4 is 0 Å². The molecule has 0 amide bonds. The van der Waals surface area contributed by atoms with E-state index in [0.29, 0.717) is 0 Å². The SMILES string of the molecule is OC(c1ccccc1OC(F)(F)F)C1CCCC1. The Hall–Kier alpha value is -1.23. The third-order valence-electron chi connectivity index (χ3n) is 3.31. The molecule has 0 bridgehead atoms. The number of benzene rings is 1. The zero-order chi connectivity index (χ0) is 13.2. The Balaban J connectivity index is 2.20. The highest BCUT2D eigenvalue weighted by Crippen LogP contribution is 2.39. The van der Waals surface area contributed by atoms with E-state index in [-0.39, 0.29) is 17.2 Å². The van der Waals surface area contributed by atoms with Crippen molar-refractivity contribution in [1.82, 2.24) is 0 Å². The second-order valence-electron chi connectivity index (χ2n) is 4.58. The summed E-state index contributed by atoms with van der Waals surface area (Å²) in [6.07, 6.45) is -1.88. The van der Waals surface area contributed by atoms with Crippen molar-refractivity contribution in [3.8, 4) is 5.75 Å². The molecule has 0 saturated heterocycles. The standard InChI is InChI=1S/C13H15F3O2/c14-13(15,16)18-11-8-4-3-7-10(11)12(17)9-5-1-2-6-9/h3-4,7-9,12,17H,1-2,5-6H2. The lowest BCUT2D eigenvalue weighted by molar-refractivity contribution is -0.275. The lowest BCUT2D eigenvalue weighted by atomic mass is 9.94. The van der Waals surface area contributed by atoms with Crippen LogP contribution in [0.5, 0.6) is 5.75 Å².